The highest BCUT2D eigenvalue weighted by atomic mass is 16.5. The number of hydrogen-bond donors (Lipinski definition) is 2. The summed E-state index contributed by atoms with van der Waals surface area (Å²) in [5, 5.41) is 19.8. The molecule has 1 heterocycles. The average molecular weight is 316 g/mol. The minimum Gasteiger partial charge on any atom is -0.502 e. The lowest BCUT2D eigenvalue weighted by molar-refractivity contribution is 0.124. The Morgan fingerprint density at radius 1 is 1.09 bits per heavy atom. The molecular formula is C18H20O5. The zero-order valence-electron chi connectivity index (χ0n) is 13.4. The van der Waals surface area contributed by atoms with Crippen LogP contribution in [-0.4, -0.2) is 37.1 Å². The van der Waals surface area contributed by atoms with Gasteiger partial charge in [0.1, 0.15) is 11.9 Å². The van der Waals surface area contributed by atoms with E-state index in [4.69, 9.17) is 14.2 Å². The molecule has 122 valence electrons. The molecule has 2 aromatic carbocycles. The van der Waals surface area contributed by atoms with Gasteiger partial charge in [0.25, 0.3) is 0 Å². The molecule has 1 aliphatic heterocycles. The van der Waals surface area contributed by atoms with Crippen molar-refractivity contribution in [1.29, 1.82) is 0 Å². The number of ether oxygens (including phenoxy) is 3. The van der Waals surface area contributed by atoms with E-state index in [-0.39, 0.29) is 24.4 Å². The monoisotopic (exact) mass is 316 g/mol. The van der Waals surface area contributed by atoms with E-state index >= 15 is 0 Å². The summed E-state index contributed by atoms with van der Waals surface area (Å²) >= 11 is 0. The molecule has 23 heavy (non-hydrogen) atoms. The van der Waals surface area contributed by atoms with Crippen molar-refractivity contribution in [2.24, 2.45) is 0 Å². The molecule has 0 aliphatic carbocycles. The topological polar surface area (TPSA) is 68.2 Å². The number of aromatic hydroxyl groups is 1. The number of phenols is 1. The van der Waals surface area contributed by atoms with Crippen LogP contribution in [0.3, 0.4) is 0 Å². The van der Waals surface area contributed by atoms with Crippen molar-refractivity contribution in [2.75, 3.05) is 20.8 Å². The van der Waals surface area contributed by atoms with Crippen molar-refractivity contribution in [1.82, 2.24) is 0 Å². The van der Waals surface area contributed by atoms with E-state index in [0.29, 0.717) is 11.5 Å². The maximum Gasteiger partial charge on any atom is 0.200 e. The summed E-state index contributed by atoms with van der Waals surface area (Å²) in [6, 6.07) is 9.47. The van der Waals surface area contributed by atoms with Gasteiger partial charge in [0.2, 0.25) is 5.75 Å². The molecule has 0 radical (unpaired) electrons. The van der Waals surface area contributed by atoms with Crippen molar-refractivity contribution in [3.8, 4) is 23.0 Å². The summed E-state index contributed by atoms with van der Waals surface area (Å²) in [5.74, 6) is 1.24. The molecule has 0 amide bonds. The first-order valence-electron chi connectivity index (χ1n) is 7.42. The summed E-state index contributed by atoms with van der Waals surface area (Å²) in [4.78, 5) is 0. The van der Waals surface area contributed by atoms with E-state index in [0.717, 1.165) is 22.4 Å². The lowest BCUT2D eigenvalue weighted by atomic mass is 9.87. The van der Waals surface area contributed by atoms with Gasteiger partial charge >= 0.3 is 0 Å². The normalized spacial score (nSPS) is 19.1. The van der Waals surface area contributed by atoms with Gasteiger partial charge in [0.15, 0.2) is 11.5 Å². The van der Waals surface area contributed by atoms with Crippen molar-refractivity contribution in [2.45, 2.75) is 18.9 Å². The molecule has 0 saturated carbocycles. The van der Waals surface area contributed by atoms with Crippen LogP contribution in [0, 0.1) is 6.92 Å². The van der Waals surface area contributed by atoms with E-state index in [1.807, 2.05) is 19.1 Å². The minimum absolute atomic E-state index is 0.0392. The first-order valence-corrected chi connectivity index (χ1v) is 7.42. The Morgan fingerprint density at radius 2 is 1.74 bits per heavy atom. The Labute approximate surface area is 135 Å². The number of methoxy groups -OCH3 is 2. The van der Waals surface area contributed by atoms with Gasteiger partial charge in [-0.3, -0.25) is 0 Å². The molecule has 2 aromatic rings. The Balaban J connectivity index is 2.15. The van der Waals surface area contributed by atoms with Gasteiger partial charge in [-0.2, -0.15) is 0 Å². The summed E-state index contributed by atoms with van der Waals surface area (Å²) in [7, 11) is 2.98. The fourth-order valence-electron chi connectivity index (χ4n) is 3.08. The molecule has 5 heteroatoms. The molecule has 0 bridgehead atoms. The predicted molar refractivity (Wildman–Crippen MR) is 85.7 cm³/mol. The van der Waals surface area contributed by atoms with Gasteiger partial charge in [-0.25, -0.2) is 0 Å². The van der Waals surface area contributed by atoms with E-state index in [1.54, 1.807) is 12.1 Å². The third-order valence-electron chi connectivity index (χ3n) is 4.19. The number of aliphatic hydroxyl groups excluding tert-OH is 1. The average Bonchev–Trinajstić information content (AvgIpc) is 2.92. The molecule has 0 fully saturated rings. The summed E-state index contributed by atoms with van der Waals surface area (Å²) in [6.45, 7) is 1.91. The van der Waals surface area contributed by atoms with Crippen LogP contribution in [0.25, 0.3) is 0 Å². The first-order chi connectivity index (χ1) is 11.1. The van der Waals surface area contributed by atoms with Crippen molar-refractivity contribution in [3.63, 3.8) is 0 Å². The molecule has 1 aliphatic rings. The summed E-state index contributed by atoms with van der Waals surface area (Å²) in [5.41, 5.74) is 2.99. The third-order valence-corrected chi connectivity index (χ3v) is 4.19. The van der Waals surface area contributed by atoms with Crippen molar-refractivity contribution < 1.29 is 24.4 Å². The minimum atomic E-state index is -0.384. The summed E-state index contributed by atoms with van der Waals surface area (Å²) in [6.07, 6.45) is -0.384. The number of benzene rings is 2. The maximum absolute atomic E-state index is 10.1. The summed E-state index contributed by atoms with van der Waals surface area (Å²) < 4.78 is 16.3. The van der Waals surface area contributed by atoms with Gasteiger partial charge < -0.3 is 24.4 Å². The Hall–Kier alpha value is -2.40. The molecule has 0 spiro atoms. The van der Waals surface area contributed by atoms with Crippen molar-refractivity contribution >= 4 is 0 Å². The van der Waals surface area contributed by atoms with Crippen LogP contribution >= 0.6 is 0 Å². The second kappa shape index (κ2) is 6.01. The highest BCUT2D eigenvalue weighted by Crippen LogP contribution is 2.46. The number of aryl methyl sites for hydroxylation is 1. The fraction of sp³-hybridized carbons (Fsp3) is 0.333. The standard InChI is InChI=1S/C18H20O5/c1-10-4-5-13-12(6-10)17(16(9-19)23-13)11-7-14(21-2)18(20)15(8-11)22-3/h4-8,16-17,19-20H,9H2,1-3H3. The molecular weight excluding hydrogens is 296 g/mol. The van der Waals surface area contributed by atoms with Crippen LogP contribution in [0.4, 0.5) is 0 Å². The van der Waals surface area contributed by atoms with Crippen LogP contribution in [0.1, 0.15) is 22.6 Å². The Kier molecular flexibility index (Phi) is 4.05. The second-order valence-electron chi connectivity index (χ2n) is 5.63. The second-order valence-corrected chi connectivity index (χ2v) is 5.63. The molecule has 2 unspecified atom stereocenters. The van der Waals surface area contributed by atoms with Gasteiger partial charge in [-0.05, 0) is 30.7 Å². The molecule has 0 aromatic heterocycles. The Morgan fingerprint density at radius 3 is 2.30 bits per heavy atom. The quantitative estimate of drug-likeness (QED) is 0.907. The molecule has 2 N–H and O–H groups in total. The van der Waals surface area contributed by atoms with Gasteiger partial charge in [0, 0.05) is 5.56 Å². The number of aliphatic hydroxyl groups is 1. The lowest BCUT2D eigenvalue weighted by Crippen LogP contribution is -2.24. The molecule has 2 atom stereocenters. The number of phenolic OH excluding ortho intramolecular Hbond substituents is 1. The molecule has 0 saturated heterocycles. The van der Waals surface area contributed by atoms with Gasteiger partial charge in [-0.15, -0.1) is 0 Å². The first kappa shape index (κ1) is 15.5. The van der Waals surface area contributed by atoms with E-state index in [1.165, 1.54) is 14.2 Å². The lowest BCUT2D eigenvalue weighted by Gasteiger charge is -2.19. The van der Waals surface area contributed by atoms with Crippen LogP contribution in [-0.2, 0) is 0 Å². The van der Waals surface area contributed by atoms with Crippen LogP contribution < -0.4 is 14.2 Å². The van der Waals surface area contributed by atoms with E-state index in [9.17, 15) is 10.2 Å². The SMILES string of the molecule is COc1cc(C2c3cc(C)ccc3OC2CO)cc(OC)c1O. The smallest absolute Gasteiger partial charge is 0.200 e. The van der Waals surface area contributed by atoms with Crippen LogP contribution in [0.5, 0.6) is 23.0 Å². The van der Waals surface area contributed by atoms with Crippen molar-refractivity contribution in [3.05, 3.63) is 47.0 Å². The Bertz CT molecular complexity index is 700. The largest absolute Gasteiger partial charge is 0.502 e. The van der Waals surface area contributed by atoms with E-state index < -0.39 is 0 Å². The zero-order chi connectivity index (χ0) is 16.6. The number of hydrogen-bond acceptors (Lipinski definition) is 5. The van der Waals surface area contributed by atoms with E-state index in [2.05, 4.69) is 6.07 Å². The molecule has 5 nitrogen and oxygen atoms in total. The van der Waals surface area contributed by atoms with Crippen LogP contribution in [0.2, 0.25) is 0 Å². The molecule has 3 rings (SSSR count). The highest BCUT2D eigenvalue weighted by Gasteiger charge is 2.36. The van der Waals surface area contributed by atoms with Gasteiger partial charge in [0.05, 0.1) is 26.7 Å². The predicted octanol–water partition coefficient (Wildman–Crippen LogP) is 2.60. The highest BCUT2D eigenvalue weighted by molar-refractivity contribution is 5.57. The number of fused-ring (bicyclic) bond motifs is 1. The fourth-order valence-corrected chi connectivity index (χ4v) is 3.08. The maximum atomic E-state index is 10.1. The van der Waals surface area contributed by atoms with Gasteiger partial charge in [-0.1, -0.05) is 17.7 Å². The number of rotatable bonds is 4. The third kappa shape index (κ3) is 2.57. The zero-order valence-corrected chi connectivity index (χ0v) is 13.4. The van der Waals surface area contributed by atoms with Crippen LogP contribution in [0.15, 0.2) is 30.3 Å².